The minimum absolute atomic E-state index is 0.0861. The highest BCUT2D eigenvalue weighted by Crippen LogP contribution is 2.38. The molecular weight excluding hydrogens is 398 g/mol. The maximum Gasteiger partial charge on any atom is 0.0907 e. The first kappa shape index (κ1) is 18.2. The fourth-order valence-electron chi connectivity index (χ4n) is 3.98. The standard InChI is InChI=1S/C24H20ClN3S/c1-14-23(18-8-4-6-10-20(18)26-14)24(17-7-3-5-9-19(17)25)28-16-11-12-22-21(13-16)27-15(2)29-22/h3-13,24,26,28H,1-2H3. The molecule has 0 spiro atoms. The van der Waals surface area contributed by atoms with Crippen LogP contribution in [-0.4, -0.2) is 9.97 Å². The Morgan fingerprint density at radius 3 is 2.66 bits per heavy atom. The summed E-state index contributed by atoms with van der Waals surface area (Å²) < 4.78 is 1.20. The molecule has 0 saturated heterocycles. The number of aromatic nitrogens is 2. The second-order valence-corrected chi connectivity index (χ2v) is 8.87. The lowest BCUT2D eigenvalue weighted by atomic mass is 9.95. The van der Waals surface area contributed by atoms with Gasteiger partial charge in [-0.2, -0.15) is 0 Å². The summed E-state index contributed by atoms with van der Waals surface area (Å²) in [5.74, 6) is 0. The van der Waals surface area contributed by atoms with Gasteiger partial charge in [-0.1, -0.05) is 48.0 Å². The van der Waals surface area contributed by atoms with Crippen LogP contribution in [0.5, 0.6) is 0 Å². The highest BCUT2D eigenvalue weighted by molar-refractivity contribution is 7.18. The number of rotatable bonds is 4. The van der Waals surface area contributed by atoms with E-state index in [2.05, 4.69) is 70.7 Å². The van der Waals surface area contributed by atoms with E-state index in [-0.39, 0.29) is 6.04 Å². The van der Waals surface area contributed by atoms with Crippen LogP contribution in [0.15, 0.2) is 66.7 Å². The molecule has 0 fully saturated rings. The summed E-state index contributed by atoms with van der Waals surface area (Å²) in [5.41, 5.74) is 6.57. The number of benzene rings is 3. The third-order valence-electron chi connectivity index (χ3n) is 5.25. The highest BCUT2D eigenvalue weighted by atomic mass is 35.5. The van der Waals surface area contributed by atoms with Crippen LogP contribution in [0.2, 0.25) is 5.02 Å². The van der Waals surface area contributed by atoms with E-state index in [0.29, 0.717) is 0 Å². The molecule has 1 unspecified atom stereocenters. The van der Waals surface area contributed by atoms with E-state index < -0.39 is 0 Å². The van der Waals surface area contributed by atoms with Gasteiger partial charge in [-0.25, -0.2) is 4.98 Å². The van der Waals surface area contributed by atoms with Crippen molar-refractivity contribution in [1.82, 2.24) is 9.97 Å². The fraction of sp³-hybridized carbons (Fsp3) is 0.125. The van der Waals surface area contributed by atoms with Crippen molar-refractivity contribution in [3.63, 3.8) is 0 Å². The third-order valence-corrected chi connectivity index (χ3v) is 6.55. The van der Waals surface area contributed by atoms with Gasteiger partial charge in [-0.3, -0.25) is 0 Å². The number of nitrogens with zero attached hydrogens (tertiary/aromatic N) is 1. The Labute approximate surface area is 178 Å². The highest BCUT2D eigenvalue weighted by Gasteiger charge is 2.23. The quantitative estimate of drug-likeness (QED) is 0.323. The molecule has 2 heterocycles. The number of hydrogen-bond donors (Lipinski definition) is 2. The van der Waals surface area contributed by atoms with Gasteiger partial charge in [0.1, 0.15) is 0 Å². The third kappa shape index (κ3) is 3.28. The number of fused-ring (bicyclic) bond motifs is 2. The van der Waals surface area contributed by atoms with E-state index in [4.69, 9.17) is 11.6 Å². The molecule has 2 aromatic heterocycles. The van der Waals surface area contributed by atoms with Crippen LogP contribution in [0.3, 0.4) is 0 Å². The number of anilines is 1. The molecule has 0 saturated carbocycles. The molecule has 0 amide bonds. The topological polar surface area (TPSA) is 40.7 Å². The van der Waals surface area contributed by atoms with Crippen molar-refractivity contribution in [1.29, 1.82) is 0 Å². The van der Waals surface area contributed by atoms with Crippen LogP contribution in [0.25, 0.3) is 21.1 Å². The predicted octanol–water partition coefficient (Wildman–Crippen LogP) is 7.25. The lowest BCUT2D eigenvalue weighted by molar-refractivity contribution is 0.934. The average Bonchev–Trinajstić information content (AvgIpc) is 3.24. The van der Waals surface area contributed by atoms with Gasteiger partial charge in [0, 0.05) is 32.9 Å². The van der Waals surface area contributed by atoms with Gasteiger partial charge in [0.2, 0.25) is 0 Å². The van der Waals surface area contributed by atoms with Gasteiger partial charge in [-0.15, -0.1) is 11.3 Å². The zero-order valence-corrected chi connectivity index (χ0v) is 17.7. The number of H-pyrrole nitrogens is 1. The van der Waals surface area contributed by atoms with Crippen molar-refractivity contribution in [3.05, 3.63) is 93.6 Å². The summed E-state index contributed by atoms with van der Waals surface area (Å²) in [6, 6.07) is 22.7. The van der Waals surface area contributed by atoms with E-state index in [1.807, 2.05) is 25.1 Å². The zero-order chi connectivity index (χ0) is 20.0. The van der Waals surface area contributed by atoms with E-state index in [9.17, 15) is 0 Å². The van der Waals surface area contributed by atoms with Crippen LogP contribution in [-0.2, 0) is 0 Å². The van der Waals surface area contributed by atoms with E-state index >= 15 is 0 Å². The largest absolute Gasteiger partial charge is 0.374 e. The minimum Gasteiger partial charge on any atom is -0.374 e. The SMILES string of the molecule is Cc1nc2cc(NC(c3ccccc3Cl)c3c(C)[nH]c4ccccc34)ccc2s1. The van der Waals surface area contributed by atoms with Crippen molar-refractivity contribution < 1.29 is 0 Å². The molecule has 5 heteroatoms. The fourth-order valence-corrected chi connectivity index (χ4v) is 5.04. The Kier molecular flexibility index (Phi) is 4.53. The molecule has 3 nitrogen and oxygen atoms in total. The summed E-state index contributed by atoms with van der Waals surface area (Å²) in [4.78, 5) is 8.17. The Morgan fingerprint density at radius 1 is 1.00 bits per heavy atom. The number of aromatic amines is 1. The van der Waals surface area contributed by atoms with Crippen LogP contribution < -0.4 is 5.32 Å². The van der Waals surface area contributed by atoms with Crippen molar-refractivity contribution >= 4 is 49.7 Å². The van der Waals surface area contributed by atoms with Crippen molar-refractivity contribution in [2.75, 3.05) is 5.32 Å². The van der Waals surface area contributed by atoms with Crippen LogP contribution in [0.4, 0.5) is 5.69 Å². The second kappa shape index (κ2) is 7.21. The molecular formula is C24H20ClN3S. The van der Waals surface area contributed by atoms with Crippen molar-refractivity contribution in [2.24, 2.45) is 0 Å². The van der Waals surface area contributed by atoms with Gasteiger partial charge in [0.15, 0.2) is 0 Å². The molecule has 5 rings (SSSR count). The summed E-state index contributed by atoms with van der Waals surface area (Å²) >= 11 is 8.36. The summed E-state index contributed by atoms with van der Waals surface area (Å²) in [6.45, 7) is 4.16. The number of aryl methyl sites for hydroxylation is 2. The second-order valence-electron chi connectivity index (χ2n) is 7.22. The smallest absolute Gasteiger partial charge is 0.0907 e. The number of para-hydroxylation sites is 1. The van der Waals surface area contributed by atoms with Gasteiger partial charge >= 0.3 is 0 Å². The minimum atomic E-state index is -0.0861. The van der Waals surface area contributed by atoms with Gasteiger partial charge in [0.25, 0.3) is 0 Å². The van der Waals surface area contributed by atoms with E-state index in [1.54, 1.807) is 11.3 Å². The van der Waals surface area contributed by atoms with Gasteiger partial charge < -0.3 is 10.3 Å². The molecule has 0 aliphatic carbocycles. The maximum atomic E-state index is 6.64. The Balaban J connectivity index is 1.67. The number of hydrogen-bond acceptors (Lipinski definition) is 3. The molecule has 1 atom stereocenters. The number of nitrogens with one attached hydrogen (secondary N) is 2. The Bertz CT molecular complexity index is 1330. The van der Waals surface area contributed by atoms with Gasteiger partial charge in [-0.05, 0) is 49.7 Å². The number of halogens is 1. The normalized spacial score (nSPS) is 12.5. The van der Waals surface area contributed by atoms with Crippen LogP contribution in [0, 0.1) is 13.8 Å². The van der Waals surface area contributed by atoms with E-state index in [1.165, 1.54) is 15.6 Å². The first-order valence-electron chi connectivity index (χ1n) is 9.55. The summed E-state index contributed by atoms with van der Waals surface area (Å²) in [7, 11) is 0. The van der Waals surface area contributed by atoms with Crippen molar-refractivity contribution in [2.45, 2.75) is 19.9 Å². The predicted molar refractivity (Wildman–Crippen MR) is 124 cm³/mol. The molecule has 0 aliphatic heterocycles. The van der Waals surface area contributed by atoms with Crippen molar-refractivity contribution in [3.8, 4) is 0 Å². The van der Waals surface area contributed by atoms with Crippen LogP contribution in [0.1, 0.15) is 27.9 Å². The summed E-state index contributed by atoms with van der Waals surface area (Å²) in [5, 5.41) is 6.76. The summed E-state index contributed by atoms with van der Waals surface area (Å²) in [6.07, 6.45) is 0. The lowest BCUT2D eigenvalue weighted by Crippen LogP contribution is -2.13. The molecule has 0 bridgehead atoms. The Morgan fingerprint density at radius 2 is 1.79 bits per heavy atom. The van der Waals surface area contributed by atoms with E-state index in [0.717, 1.165) is 38.0 Å². The molecule has 5 aromatic rings. The maximum absolute atomic E-state index is 6.64. The average molecular weight is 418 g/mol. The van der Waals surface area contributed by atoms with Crippen LogP contribution >= 0.6 is 22.9 Å². The molecule has 2 N–H and O–H groups in total. The monoisotopic (exact) mass is 417 g/mol. The lowest BCUT2D eigenvalue weighted by Gasteiger charge is -2.22. The molecule has 0 aliphatic rings. The Hall–Kier alpha value is -2.82. The zero-order valence-electron chi connectivity index (χ0n) is 16.2. The number of thiazole rings is 1. The first-order chi connectivity index (χ1) is 14.1. The molecule has 144 valence electrons. The molecule has 29 heavy (non-hydrogen) atoms. The first-order valence-corrected chi connectivity index (χ1v) is 10.7. The van der Waals surface area contributed by atoms with Gasteiger partial charge in [0.05, 0.1) is 21.3 Å². The molecule has 0 radical (unpaired) electrons. The molecule has 3 aromatic carbocycles.